The molecule has 2 aromatic carbocycles. The molecule has 0 bridgehead atoms. The fraction of sp³-hybridized carbons (Fsp3) is 0.286. The van der Waals surface area contributed by atoms with Crippen molar-refractivity contribution in [2.75, 3.05) is 13.1 Å². The van der Waals surface area contributed by atoms with Crippen molar-refractivity contribution in [1.29, 1.82) is 0 Å². The molecule has 1 amide bonds. The number of carbonyl (C=O) groups excluding carboxylic acids is 1. The standard InChI is InChI=1S/C21H20ClN3O2S/c1-14-4-2-3-5-18(14)19-20(28-24-23-19)21(26)25-12-10-17(11-13-25)27-16-8-6-15(22)7-9-16/h2-9,17H,10-13H2,1H3. The molecule has 0 atom stereocenters. The summed E-state index contributed by atoms with van der Waals surface area (Å²) in [6.45, 7) is 3.33. The van der Waals surface area contributed by atoms with Gasteiger partial charge < -0.3 is 9.64 Å². The normalized spacial score (nSPS) is 14.9. The second kappa shape index (κ2) is 8.29. The fourth-order valence-electron chi connectivity index (χ4n) is 3.37. The SMILES string of the molecule is Cc1ccccc1-c1nnsc1C(=O)N1CCC(Oc2ccc(Cl)cc2)CC1. The molecule has 1 fully saturated rings. The average molecular weight is 414 g/mol. The van der Waals surface area contributed by atoms with E-state index >= 15 is 0 Å². The molecule has 0 radical (unpaired) electrons. The zero-order chi connectivity index (χ0) is 19.5. The van der Waals surface area contributed by atoms with Crippen LogP contribution in [-0.4, -0.2) is 39.6 Å². The lowest BCUT2D eigenvalue weighted by molar-refractivity contribution is 0.0600. The maximum Gasteiger partial charge on any atom is 0.267 e. The fourth-order valence-corrected chi connectivity index (χ4v) is 4.15. The molecule has 2 heterocycles. The Bertz CT molecular complexity index is 966. The Morgan fingerprint density at radius 3 is 2.57 bits per heavy atom. The van der Waals surface area contributed by atoms with Crippen molar-refractivity contribution < 1.29 is 9.53 Å². The van der Waals surface area contributed by atoms with E-state index in [2.05, 4.69) is 9.59 Å². The van der Waals surface area contributed by atoms with Crippen LogP contribution in [0.4, 0.5) is 0 Å². The molecule has 5 nitrogen and oxygen atoms in total. The number of benzene rings is 2. The minimum absolute atomic E-state index is 0.00167. The van der Waals surface area contributed by atoms with Crippen LogP contribution < -0.4 is 4.74 Å². The Kier molecular flexibility index (Phi) is 5.59. The molecule has 0 N–H and O–H groups in total. The predicted octanol–water partition coefficient (Wildman–Crippen LogP) is 4.85. The average Bonchev–Trinajstić information content (AvgIpc) is 3.20. The van der Waals surface area contributed by atoms with E-state index in [9.17, 15) is 4.79 Å². The molecule has 144 valence electrons. The van der Waals surface area contributed by atoms with Gasteiger partial charge in [-0.05, 0) is 48.3 Å². The summed E-state index contributed by atoms with van der Waals surface area (Å²) in [5.74, 6) is 0.806. The number of carbonyl (C=O) groups is 1. The van der Waals surface area contributed by atoms with Gasteiger partial charge >= 0.3 is 0 Å². The molecule has 1 aliphatic rings. The highest BCUT2D eigenvalue weighted by Crippen LogP contribution is 2.29. The van der Waals surface area contributed by atoms with Crippen molar-refractivity contribution in [1.82, 2.24) is 14.5 Å². The molecule has 0 aliphatic carbocycles. The van der Waals surface area contributed by atoms with E-state index in [-0.39, 0.29) is 12.0 Å². The lowest BCUT2D eigenvalue weighted by atomic mass is 10.0. The van der Waals surface area contributed by atoms with Crippen LogP contribution in [0.15, 0.2) is 48.5 Å². The van der Waals surface area contributed by atoms with Crippen LogP contribution >= 0.6 is 23.1 Å². The topological polar surface area (TPSA) is 55.3 Å². The number of hydrogen-bond donors (Lipinski definition) is 0. The number of piperidine rings is 1. The van der Waals surface area contributed by atoms with Gasteiger partial charge in [-0.15, -0.1) is 5.10 Å². The summed E-state index contributed by atoms with van der Waals surface area (Å²) in [7, 11) is 0. The van der Waals surface area contributed by atoms with Gasteiger partial charge in [-0.3, -0.25) is 4.79 Å². The second-order valence-electron chi connectivity index (χ2n) is 6.83. The molecule has 0 saturated carbocycles. The molecule has 4 rings (SSSR count). The predicted molar refractivity (Wildman–Crippen MR) is 111 cm³/mol. The van der Waals surface area contributed by atoms with Gasteiger partial charge in [-0.2, -0.15) is 0 Å². The summed E-state index contributed by atoms with van der Waals surface area (Å²) < 4.78 is 10.1. The van der Waals surface area contributed by atoms with E-state index in [4.69, 9.17) is 16.3 Å². The van der Waals surface area contributed by atoms with Crippen LogP contribution in [-0.2, 0) is 0 Å². The number of halogens is 1. The van der Waals surface area contributed by atoms with Crippen LogP contribution in [0.5, 0.6) is 5.75 Å². The van der Waals surface area contributed by atoms with Gasteiger partial charge in [0.15, 0.2) is 0 Å². The molecule has 3 aromatic rings. The lowest BCUT2D eigenvalue weighted by Crippen LogP contribution is -2.41. The van der Waals surface area contributed by atoms with Crippen molar-refractivity contribution >= 4 is 29.0 Å². The summed E-state index contributed by atoms with van der Waals surface area (Å²) in [6.07, 6.45) is 1.68. The van der Waals surface area contributed by atoms with E-state index < -0.39 is 0 Å². The van der Waals surface area contributed by atoms with Crippen molar-refractivity contribution in [3.8, 4) is 17.0 Å². The lowest BCUT2D eigenvalue weighted by Gasteiger charge is -2.32. The Morgan fingerprint density at radius 2 is 1.86 bits per heavy atom. The first-order valence-electron chi connectivity index (χ1n) is 9.21. The first kappa shape index (κ1) is 18.9. The first-order valence-corrected chi connectivity index (χ1v) is 10.4. The van der Waals surface area contributed by atoms with Gasteiger partial charge in [0.25, 0.3) is 5.91 Å². The van der Waals surface area contributed by atoms with Crippen LogP contribution in [0.25, 0.3) is 11.3 Å². The van der Waals surface area contributed by atoms with Gasteiger partial charge in [-0.25, -0.2) is 0 Å². The van der Waals surface area contributed by atoms with E-state index in [1.807, 2.05) is 60.4 Å². The third-order valence-electron chi connectivity index (χ3n) is 4.93. The number of nitrogens with zero attached hydrogens (tertiary/aromatic N) is 3. The molecule has 0 unspecified atom stereocenters. The smallest absolute Gasteiger partial charge is 0.267 e. The molecule has 0 spiro atoms. The molecule has 1 aromatic heterocycles. The molecular formula is C21H20ClN3O2S. The van der Waals surface area contributed by atoms with E-state index in [0.717, 1.165) is 41.3 Å². The highest BCUT2D eigenvalue weighted by molar-refractivity contribution is 7.08. The zero-order valence-corrected chi connectivity index (χ0v) is 17.0. The Morgan fingerprint density at radius 1 is 1.14 bits per heavy atom. The number of ether oxygens (including phenoxy) is 1. The van der Waals surface area contributed by atoms with Crippen LogP contribution in [0, 0.1) is 6.92 Å². The second-order valence-corrected chi connectivity index (χ2v) is 8.02. The highest BCUT2D eigenvalue weighted by atomic mass is 35.5. The highest BCUT2D eigenvalue weighted by Gasteiger charge is 2.28. The van der Waals surface area contributed by atoms with Gasteiger partial charge in [0.2, 0.25) is 0 Å². The number of likely N-dealkylation sites (tertiary alicyclic amines) is 1. The summed E-state index contributed by atoms with van der Waals surface area (Å²) in [5.41, 5.74) is 2.72. The third kappa shape index (κ3) is 4.03. The molecule has 1 saturated heterocycles. The minimum atomic E-state index is -0.00167. The minimum Gasteiger partial charge on any atom is -0.490 e. The quantitative estimate of drug-likeness (QED) is 0.613. The van der Waals surface area contributed by atoms with Crippen LogP contribution in [0.2, 0.25) is 5.02 Å². The number of aryl methyl sites for hydroxylation is 1. The van der Waals surface area contributed by atoms with Crippen molar-refractivity contribution in [2.24, 2.45) is 0 Å². The number of aromatic nitrogens is 2. The maximum absolute atomic E-state index is 13.1. The van der Waals surface area contributed by atoms with Gasteiger partial charge in [0, 0.05) is 36.5 Å². The van der Waals surface area contributed by atoms with Gasteiger partial charge in [0.1, 0.15) is 22.4 Å². The monoisotopic (exact) mass is 413 g/mol. The first-order chi connectivity index (χ1) is 13.6. The van der Waals surface area contributed by atoms with Gasteiger partial charge in [-0.1, -0.05) is 40.4 Å². The summed E-state index contributed by atoms with van der Waals surface area (Å²) in [5, 5.41) is 4.92. The number of rotatable bonds is 4. The Balaban J connectivity index is 1.42. The zero-order valence-electron chi connectivity index (χ0n) is 15.5. The third-order valence-corrected chi connectivity index (χ3v) is 5.89. The summed E-state index contributed by atoms with van der Waals surface area (Å²) in [6, 6.07) is 15.3. The van der Waals surface area contributed by atoms with Crippen molar-refractivity contribution in [2.45, 2.75) is 25.9 Å². The van der Waals surface area contributed by atoms with Crippen molar-refractivity contribution in [3.63, 3.8) is 0 Å². The van der Waals surface area contributed by atoms with E-state index in [0.29, 0.717) is 28.7 Å². The van der Waals surface area contributed by atoms with E-state index in [1.54, 1.807) is 0 Å². The van der Waals surface area contributed by atoms with E-state index in [1.165, 1.54) is 0 Å². The maximum atomic E-state index is 13.1. The molecule has 1 aliphatic heterocycles. The number of hydrogen-bond acceptors (Lipinski definition) is 5. The Hall–Kier alpha value is -2.44. The molecule has 7 heteroatoms. The largest absolute Gasteiger partial charge is 0.490 e. The Labute approximate surface area is 173 Å². The summed E-state index contributed by atoms with van der Waals surface area (Å²) >= 11 is 7.08. The molecule has 28 heavy (non-hydrogen) atoms. The molecular weight excluding hydrogens is 394 g/mol. The summed E-state index contributed by atoms with van der Waals surface area (Å²) in [4.78, 5) is 15.5. The van der Waals surface area contributed by atoms with Crippen LogP contribution in [0.1, 0.15) is 28.1 Å². The van der Waals surface area contributed by atoms with Crippen LogP contribution in [0.3, 0.4) is 0 Å². The van der Waals surface area contributed by atoms with Gasteiger partial charge in [0.05, 0.1) is 0 Å². The number of amides is 1. The van der Waals surface area contributed by atoms with Crippen molar-refractivity contribution in [3.05, 3.63) is 64.0 Å².